The Kier molecular flexibility index (Phi) is 5.61. The molecule has 0 aliphatic carbocycles. The number of nitrogens with two attached hydrogens (primary N) is 1. The summed E-state index contributed by atoms with van der Waals surface area (Å²) in [5, 5.41) is 0. The molecule has 18 heavy (non-hydrogen) atoms. The van der Waals surface area contributed by atoms with E-state index >= 15 is 0 Å². The second-order valence-corrected chi connectivity index (χ2v) is 4.39. The van der Waals surface area contributed by atoms with Gasteiger partial charge < -0.3 is 4.74 Å². The molecular formula is C13H21N3O2. The molecule has 5 heteroatoms. The molecule has 1 unspecified atom stereocenters. The molecule has 0 aromatic heterocycles. The van der Waals surface area contributed by atoms with Crippen LogP contribution < -0.4 is 16.0 Å². The van der Waals surface area contributed by atoms with E-state index in [0.29, 0.717) is 6.42 Å². The quantitative estimate of drug-likeness (QED) is 0.448. The van der Waals surface area contributed by atoms with Crippen molar-refractivity contribution >= 4 is 5.91 Å². The number of amides is 1. The highest BCUT2D eigenvalue weighted by atomic mass is 16.5. The predicted octanol–water partition coefficient (Wildman–Crippen LogP) is 0.895. The van der Waals surface area contributed by atoms with E-state index in [1.165, 1.54) is 0 Å². The summed E-state index contributed by atoms with van der Waals surface area (Å²) >= 11 is 0. The van der Waals surface area contributed by atoms with Crippen LogP contribution in [0.25, 0.3) is 0 Å². The maximum Gasteiger partial charge on any atom is 0.235 e. The van der Waals surface area contributed by atoms with Crippen LogP contribution in [-0.2, 0) is 11.3 Å². The van der Waals surface area contributed by atoms with Crippen molar-refractivity contribution in [1.29, 1.82) is 0 Å². The molecule has 0 saturated carbocycles. The van der Waals surface area contributed by atoms with E-state index in [1.54, 1.807) is 7.11 Å². The molecule has 0 heterocycles. The number of benzene rings is 1. The van der Waals surface area contributed by atoms with Crippen LogP contribution >= 0.6 is 0 Å². The molecule has 0 aliphatic heterocycles. The number of nitrogens with zero attached hydrogens (tertiary/aromatic N) is 1. The maximum atomic E-state index is 11.2. The predicted molar refractivity (Wildman–Crippen MR) is 70.9 cm³/mol. The first-order valence-corrected chi connectivity index (χ1v) is 5.89. The van der Waals surface area contributed by atoms with Crippen molar-refractivity contribution < 1.29 is 9.53 Å². The number of hydrogen-bond acceptors (Lipinski definition) is 4. The van der Waals surface area contributed by atoms with E-state index in [2.05, 4.69) is 10.3 Å². The lowest BCUT2D eigenvalue weighted by Gasteiger charge is -2.24. The van der Waals surface area contributed by atoms with Crippen molar-refractivity contribution in [2.45, 2.75) is 25.9 Å². The van der Waals surface area contributed by atoms with Gasteiger partial charge in [-0.05, 0) is 31.7 Å². The number of rotatable bonds is 6. The second kappa shape index (κ2) is 6.98. The summed E-state index contributed by atoms with van der Waals surface area (Å²) < 4.78 is 5.18. The largest absolute Gasteiger partial charge is 0.497 e. The summed E-state index contributed by atoms with van der Waals surface area (Å²) in [6.07, 6.45) is 0.386. The minimum absolute atomic E-state index is 0.125. The van der Waals surface area contributed by atoms with Crippen LogP contribution in [0.1, 0.15) is 18.9 Å². The number of carbonyl (C=O) groups excluding carboxylic acids is 1. The molecule has 100 valence electrons. The van der Waals surface area contributed by atoms with Gasteiger partial charge in [0.15, 0.2) is 0 Å². The van der Waals surface area contributed by atoms with E-state index in [4.69, 9.17) is 10.6 Å². The molecule has 1 rings (SSSR count). The summed E-state index contributed by atoms with van der Waals surface area (Å²) in [4.78, 5) is 13.3. The third-order valence-corrected chi connectivity index (χ3v) is 2.96. The average Bonchev–Trinajstić information content (AvgIpc) is 2.38. The van der Waals surface area contributed by atoms with Gasteiger partial charge in [-0.2, -0.15) is 0 Å². The molecule has 0 radical (unpaired) electrons. The third-order valence-electron chi connectivity index (χ3n) is 2.96. The van der Waals surface area contributed by atoms with Gasteiger partial charge in [0.1, 0.15) is 5.75 Å². The Bertz CT molecular complexity index is 396. The van der Waals surface area contributed by atoms with Crippen LogP contribution in [0.2, 0.25) is 0 Å². The zero-order valence-electron chi connectivity index (χ0n) is 11.1. The van der Waals surface area contributed by atoms with Crippen LogP contribution in [0.15, 0.2) is 24.3 Å². The van der Waals surface area contributed by atoms with Crippen molar-refractivity contribution in [3.8, 4) is 5.75 Å². The van der Waals surface area contributed by atoms with Gasteiger partial charge >= 0.3 is 0 Å². The number of methoxy groups -OCH3 is 1. The highest BCUT2D eigenvalue weighted by molar-refractivity contribution is 5.75. The fourth-order valence-corrected chi connectivity index (χ4v) is 1.70. The summed E-state index contributed by atoms with van der Waals surface area (Å²) in [7, 11) is 3.63. The lowest BCUT2D eigenvalue weighted by molar-refractivity contribution is -0.122. The number of carbonyl (C=O) groups is 1. The van der Waals surface area contributed by atoms with Crippen LogP contribution in [0.3, 0.4) is 0 Å². The Balaban J connectivity index is 2.57. The molecule has 0 spiro atoms. The van der Waals surface area contributed by atoms with Gasteiger partial charge in [-0.3, -0.25) is 15.1 Å². The Morgan fingerprint density at radius 1 is 1.56 bits per heavy atom. The number of hydrogen-bond donors (Lipinski definition) is 2. The lowest BCUT2D eigenvalue weighted by atomic mass is 10.1. The van der Waals surface area contributed by atoms with E-state index in [0.717, 1.165) is 17.9 Å². The van der Waals surface area contributed by atoms with E-state index < -0.39 is 0 Å². The van der Waals surface area contributed by atoms with Crippen molar-refractivity contribution in [1.82, 2.24) is 10.3 Å². The molecule has 3 N–H and O–H groups in total. The standard InChI is InChI=1S/C13H21N3O2/c1-10(7-13(17)15-14)16(2)9-11-5-4-6-12(8-11)18-3/h4-6,8,10H,7,9,14H2,1-3H3,(H,15,17). The third kappa shape index (κ3) is 4.35. The molecular weight excluding hydrogens is 230 g/mol. The first-order chi connectivity index (χ1) is 8.56. The number of ether oxygens (including phenoxy) is 1. The first kappa shape index (κ1) is 14.5. The summed E-state index contributed by atoms with van der Waals surface area (Å²) in [5.74, 6) is 5.76. The summed E-state index contributed by atoms with van der Waals surface area (Å²) in [6.45, 7) is 2.76. The van der Waals surface area contributed by atoms with E-state index in [1.807, 2.05) is 38.2 Å². The van der Waals surface area contributed by atoms with Gasteiger partial charge in [0.25, 0.3) is 0 Å². The van der Waals surface area contributed by atoms with Crippen LogP contribution in [0.4, 0.5) is 0 Å². The van der Waals surface area contributed by atoms with Crippen molar-refractivity contribution in [2.24, 2.45) is 5.84 Å². The Hall–Kier alpha value is -1.59. The fraction of sp³-hybridized carbons (Fsp3) is 0.462. The minimum atomic E-state index is -0.153. The number of hydrazine groups is 1. The molecule has 1 amide bonds. The molecule has 0 bridgehead atoms. The smallest absolute Gasteiger partial charge is 0.235 e. The van der Waals surface area contributed by atoms with Gasteiger partial charge in [0.2, 0.25) is 5.91 Å². The van der Waals surface area contributed by atoms with E-state index in [-0.39, 0.29) is 11.9 Å². The molecule has 1 atom stereocenters. The van der Waals surface area contributed by atoms with Gasteiger partial charge in [0.05, 0.1) is 7.11 Å². The average molecular weight is 251 g/mol. The topological polar surface area (TPSA) is 67.6 Å². The fourth-order valence-electron chi connectivity index (χ4n) is 1.70. The van der Waals surface area contributed by atoms with Gasteiger partial charge in [0, 0.05) is 19.0 Å². The zero-order chi connectivity index (χ0) is 13.5. The van der Waals surface area contributed by atoms with Gasteiger partial charge in [-0.15, -0.1) is 0 Å². The summed E-state index contributed by atoms with van der Waals surface area (Å²) in [6, 6.07) is 8.02. The van der Waals surface area contributed by atoms with Gasteiger partial charge in [-0.25, -0.2) is 5.84 Å². The van der Waals surface area contributed by atoms with Crippen molar-refractivity contribution in [2.75, 3.05) is 14.2 Å². The monoisotopic (exact) mass is 251 g/mol. The minimum Gasteiger partial charge on any atom is -0.497 e. The van der Waals surface area contributed by atoms with Crippen molar-refractivity contribution in [3.05, 3.63) is 29.8 Å². The molecule has 1 aromatic rings. The maximum absolute atomic E-state index is 11.2. The van der Waals surface area contributed by atoms with Crippen LogP contribution in [0.5, 0.6) is 5.75 Å². The molecule has 0 aliphatic rings. The normalized spacial score (nSPS) is 12.3. The second-order valence-electron chi connectivity index (χ2n) is 4.39. The number of nitrogens with one attached hydrogen (secondary N) is 1. The van der Waals surface area contributed by atoms with Crippen LogP contribution in [0, 0.1) is 0 Å². The molecule has 0 fully saturated rings. The van der Waals surface area contributed by atoms with E-state index in [9.17, 15) is 4.79 Å². The first-order valence-electron chi connectivity index (χ1n) is 5.89. The molecule has 5 nitrogen and oxygen atoms in total. The van der Waals surface area contributed by atoms with Gasteiger partial charge in [-0.1, -0.05) is 12.1 Å². The SMILES string of the molecule is COc1cccc(CN(C)C(C)CC(=O)NN)c1. The lowest BCUT2D eigenvalue weighted by Crippen LogP contribution is -2.37. The molecule has 0 saturated heterocycles. The van der Waals surface area contributed by atoms with Crippen LogP contribution in [-0.4, -0.2) is 31.0 Å². The highest BCUT2D eigenvalue weighted by Gasteiger charge is 2.13. The Labute approximate surface area is 108 Å². The Morgan fingerprint density at radius 3 is 2.89 bits per heavy atom. The Morgan fingerprint density at radius 2 is 2.28 bits per heavy atom. The summed E-state index contributed by atoms with van der Waals surface area (Å²) in [5.41, 5.74) is 3.30. The van der Waals surface area contributed by atoms with Crippen molar-refractivity contribution in [3.63, 3.8) is 0 Å². The highest BCUT2D eigenvalue weighted by Crippen LogP contribution is 2.15. The zero-order valence-corrected chi connectivity index (χ0v) is 11.1. The molecule has 1 aromatic carbocycles.